The minimum absolute atomic E-state index is 0.0940. The molecule has 0 radical (unpaired) electrons. The lowest BCUT2D eigenvalue weighted by atomic mass is 10.2. The summed E-state index contributed by atoms with van der Waals surface area (Å²) in [4.78, 5) is 24.3. The SMILES string of the molecule is O=C(Cn1ncc2ccccc2c1=O)NCCCOc1ccccc1. The van der Waals surface area contributed by atoms with Gasteiger partial charge >= 0.3 is 0 Å². The highest BCUT2D eigenvalue weighted by atomic mass is 16.5. The maximum Gasteiger partial charge on any atom is 0.275 e. The number of benzene rings is 2. The summed E-state index contributed by atoms with van der Waals surface area (Å²) in [5, 5.41) is 8.15. The number of nitrogens with zero attached hydrogens (tertiary/aromatic N) is 2. The second-order valence-corrected chi connectivity index (χ2v) is 5.56. The van der Waals surface area contributed by atoms with E-state index in [2.05, 4.69) is 10.4 Å². The molecule has 1 aromatic heterocycles. The normalized spacial score (nSPS) is 10.6. The first-order valence-electron chi connectivity index (χ1n) is 8.13. The second-order valence-electron chi connectivity index (χ2n) is 5.56. The van der Waals surface area contributed by atoms with Crippen LogP contribution in [-0.4, -0.2) is 28.8 Å². The summed E-state index contributed by atoms with van der Waals surface area (Å²) >= 11 is 0. The third kappa shape index (κ3) is 4.44. The maximum absolute atomic E-state index is 12.3. The Morgan fingerprint density at radius 2 is 1.84 bits per heavy atom. The Morgan fingerprint density at radius 1 is 1.08 bits per heavy atom. The lowest BCUT2D eigenvalue weighted by molar-refractivity contribution is -0.121. The van der Waals surface area contributed by atoms with Crippen LogP contribution in [-0.2, 0) is 11.3 Å². The van der Waals surface area contributed by atoms with Crippen molar-refractivity contribution < 1.29 is 9.53 Å². The highest BCUT2D eigenvalue weighted by Gasteiger charge is 2.07. The van der Waals surface area contributed by atoms with Crippen LogP contribution in [0.3, 0.4) is 0 Å². The van der Waals surface area contributed by atoms with Crippen LogP contribution in [0.25, 0.3) is 10.8 Å². The van der Waals surface area contributed by atoms with E-state index in [0.717, 1.165) is 11.1 Å². The van der Waals surface area contributed by atoms with Gasteiger partial charge in [0.15, 0.2) is 0 Å². The van der Waals surface area contributed by atoms with Gasteiger partial charge in [0, 0.05) is 11.9 Å². The zero-order chi connectivity index (χ0) is 17.5. The van der Waals surface area contributed by atoms with Gasteiger partial charge in [-0.25, -0.2) is 4.68 Å². The van der Waals surface area contributed by atoms with Gasteiger partial charge in [0.25, 0.3) is 5.56 Å². The number of ether oxygens (including phenoxy) is 1. The van der Waals surface area contributed by atoms with E-state index in [1.807, 2.05) is 42.5 Å². The predicted molar refractivity (Wildman–Crippen MR) is 95.6 cm³/mol. The van der Waals surface area contributed by atoms with Crippen LogP contribution in [0.2, 0.25) is 0 Å². The van der Waals surface area contributed by atoms with Crippen molar-refractivity contribution in [2.24, 2.45) is 0 Å². The molecule has 0 spiro atoms. The van der Waals surface area contributed by atoms with Crippen molar-refractivity contribution in [3.8, 4) is 5.75 Å². The summed E-state index contributed by atoms with van der Waals surface area (Å²) in [7, 11) is 0. The highest BCUT2D eigenvalue weighted by molar-refractivity contribution is 5.81. The minimum Gasteiger partial charge on any atom is -0.494 e. The zero-order valence-corrected chi connectivity index (χ0v) is 13.7. The van der Waals surface area contributed by atoms with Crippen molar-refractivity contribution in [2.75, 3.05) is 13.2 Å². The van der Waals surface area contributed by atoms with E-state index in [4.69, 9.17) is 4.74 Å². The Kier molecular flexibility index (Phi) is 5.41. The van der Waals surface area contributed by atoms with Gasteiger partial charge in [0.05, 0.1) is 18.2 Å². The molecule has 3 aromatic rings. The van der Waals surface area contributed by atoms with Gasteiger partial charge in [0.2, 0.25) is 5.91 Å². The molecule has 0 fully saturated rings. The molecule has 6 heteroatoms. The number of para-hydroxylation sites is 1. The van der Waals surface area contributed by atoms with E-state index >= 15 is 0 Å². The van der Waals surface area contributed by atoms with Crippen molar-refractivity contribution in [2.45, 2.75) is 13.0 Å². The van der Waals surface area contributed by atoms with Gasteiger partial charge in [-0.3, -0.25) is 9.59 Å². The summed E-state index contributed by atoms with van der Waals surface area (Å²) in [6.45, 7) is 0.898. The van der Waals surface area contributed by atoms with Crippen LogP contribution in [0.15, 0.2) is 65.6 Å². The number of hydrogen-bond acceptors (Lipinski definition) is 4. The molecule has 25 heavy (non-hydrogen) atoms. The fourth-order valence-electron chi connectivity index (χ4n) is 2.44. The van der Waals surface area contributed by atoms with Gasteiger partial charge in [0.1, 0.15) is 12.3 Å². The molecule has 0 atom stereocenters. The lowest BCUT2D eigenvalue weighted by Crippen LogP contribution is -2.34. The maximum atomic E-state index is 12.3. The van der Waals surface area contributed by atoms with Crippen molar-refractivity contribution in [1.82, 2.24) is 15.1 Å². The average molecular weight is 337 g/mol. The largest absolute Gasteiger partial charge is 0.494 e. The Hall–Kier alpha value is -3.15. The van der Waals surface area contributed by atoms with E-state index in [0.29, 0.717) is 25.0 Å². The van der Waals surface area contributed by atoms with Gasteiger partial charge in [-0.2, -0.15) is 5.10 Å². The summed E-state index contributed by atoms with van der Waals surface area (Å²) in [5.74, 6) is 0.560. The summed E-state index contributed by atoms with van der Waals surface area (Å²) in [6.07, 6.45) is 2.28. The zero-order valence-electron chi connectivity index (χ0n) is 13.7. The molecule has 0 aliphatic carbocycles. The van der Waals surface area contributed by atoms with E-state index in [9.17, 15) is 9.59 Å². The Morgan fingerprint density at radius 3 is 2.68 bits per heavy atom. The molecule has 3 rings (SSSR count). The van der Waals surface area contributed by atoms with Crippen LogP contribution < -0.4 is 15.6 Å². The summed E-state index contributed by atoms with van der Waals surface area (Å²) < 4.78 is 6.73. The molecule has 1 heterocycles. The predicted octanol–water partition coefficient (Wildman–Crippen LogP) is 1.98. The Balaban J connectivity index is 1.46. The average Bonchev–Trinajstić information content (AvgIpc) is 2.65. The van der Waals surface area contributed by atoms with Gasteiger partial charge < -0.3 is 10.1 Å². The first-order chi connectivity index (χ1) is 12.2. The number of amides is 1. The summed E-state index contributed by atoms with van der Waals surface area (Å²) in [5.41, 5.74) is -0.263. The number of nitrogens with one attached hydrogen (secondary N) is 1. The first-order valence-corrected chi connectivity index (χ1v) is 8.13. The molecule has 6 nitrogen and oxygen atoms in total. The van der Waals surface area contributed by atoms with Crippen LogP contribution >= 0.6 is 0 Å². The molecular formula is C19H19N3O3. The second kappa shape index (κ2) is 8.10. The number of aromatic nitrogens is 2. The number of rotatable bonds is 7. The third-order valence-corrected chi connectivity index (χ3v) is 3.71. The van der Waals surface area contributed by atoms with Crippen LogP contribution in [0.1, 0.15) is 6.42 Å². The molecule has 1 N–H and O–H groups in total. The van der Waals surface area contributed by atoms with Crippen LogP contribution in [0.4, 0.5) is 0 Å². The van der Waals surface area contributed by atoms with Gasteiger partial charge in [-0.05, 0) is 24.6 Å². The molecule has 0 aliphatic heterocycles. The third-order valence-electron chi connectivity index (χ3n) is 3.71. The number of hydrogen-bond donors (Lipinski definition) is 1. The molecule has 0 saturated heterocycles. The van der Waals surface area contributed by atoms with Crippen molar-refractivity contribution >= 4 is 16.7 Å². The topological polar surface area (TPSA) is 73.2 Å². The summed E-state index contributed by atoms with van der Waals surface area (Å²) in [6, 6.07) is 16.7. The molecule has 0 bridgehead atoms. The standard InChI is InChI=1S/C19H19N3O3/c23-18(20-11-6-12-25-16-8-2-1-3-9-16)14-22-19(24)17-10-5-4-7-15(17)13-21-22/h1-5,7-10,13H,6,11-12,14H2,(H,20,23). The first kappa shape index (κ1) is 16.7. The fourth-order valence-corrected chi connectivity index (χ4v) is 2.44. The molecule has 0 unspecified atom stereocenters. The van der Waals surface area contributed by atoms with E-state index < -0.39 is 0 Å². The molecule has 2 aromatic carbocycles. The monoisotopic (exact) mass is 337 g/mol. The van der Waals surface area contributed by atoms with Gasteiger partial charge in [-0.1, -0.05) is 36.4 Å². The fraction of sp³-hybridized carbons (Fsp3) is 0.211. The Labute approximate surface area is 145 Å². The lowest BCUT2D eigenvalue weighted by Gasteiger charge is -2.08. The van der Waals surface area contributed by atoms with E-state index in [1.54, 1.807) is 18.3 Å². The van der Waals surface area contributed by atoms with Gasteiger partial charge in [-0.15, -0.1) is 0 Å². The van der Waals surface area contributed by atoms with E-state index in [1.165, 1.54) is 4.68 Å². The molecule has 0 saturated carbocycles. The van der Waals surface area contributed by atoms with Crippen molar-refractivity contribution in [3.63, 3.8) is 0 Å². The number of carbonyl (C=O) groups is 1. The quantitative estimate of drug-likeness (QED) is 0.669. The molecular weight excluding hydrogens is 318 g/mol. The smallest absolute Gasteiger partial charge is 0.275 e. The highest BCUT2D eigenvalue weighted by Crippen LogP contribution is 2.08. The van der Waals surface area contributed by atoms with Crippen molar-refractivity contribution in [3.05, 3.63) is 71.1 Å². The Bertz CT molecular complexity index is 906. The number of carbonyl (C=O) groups excluding carboxylic acids is 1. The van der Waals surface area contributed by atoms with Crippen LogP contribution in [0, 0.1) is 0 Å². The van der Waals surface area contributed by atoms with E-state index in [-0.39, 0.29) is 18.0 Å². The molecule has 128 valence electrons. The minimum atomic E-state index is -0.263. The van der Waals surface area contributed by atoms with Crippen LogP contribution in [0.5, 0.6) is 5.75 Å². The number of fused-ring (bicyclic) bond motifs is 1. The molecule has 1 amide bonds. The van der Waals surface area contributed by atoms with Crippen molar-refractivity contribution in [1.29, 1.82) is 0 Å². The molecule has 0 aliphatic rings.